The smallest absolute Gasteiger partial charge is 0.248 e. The predicted octanol–water partition coefficient (Wildman–Crippen LogP) is -0.242. The lowest BCUT2D eigenvalue weighted by atomic mass is 9.85. The molecule has 0 aromatic carbocycles. The lowest BCUT2D eigenvalue weighted by Gasteiger charge is -2.33. The van der Waals surface area contributed by atoms with E-state index in [0.717, 1.165) is 39.0 Å². The van der Waals surface area contributed by atoms with Gasteiger partial charge in [-0.2, -0.15) is 0 Å². The van der Waals surface area contributed by atoms with Crippen LogP contribution < -0.4 is 5.32 Å². The third-order valence-electron chi connectivity index (χ3n) is 3.86. The van der Waals surface area contributed by atoms with E-state index in [9.17, 15) is 9.59 Å². The van der Waals surface area contributed by atoms with Crippen molar-refractivity contribution in [3.8, 4) is 0 Å². The van der Waals surface area contributed by atoms with E-state index >= 15 is 0 Å². The molecule has 2 fully saturated rings. The van der Waals surface area contributed by atoms with Gasteiger partial charge in [0.2, 0.25) is 11.8 Å². The van der Waals surface area contributed by atoms with E-state index in [-0.39, 0.29) is 23.7 Å². The van der Waals surface area contributed by atoms with Gasteiger partial charge in [0, 0.05) is 26.2 Å². The van der Waals surface area contributed by atoms with Crippen molar-refractivity contribution in [2.45, 2.75) is 12.8 Å². The fourth-order valence-corrected chi connectivity index (χ4v) is 2.91. The number of fused-ring (bicyclic) bond motifs is 1. The lowest BCUT2D eigenvalue weighted by molar-refractivity contribution is -0.159. The van der Waals surface area contributed by atoms with Gasteiger partial charge in [-0.1, -0.05) is 12.2 Å². The molecule has 3 rings (SSSR count). The molecule has 0 radical (unpaired) electrons. The van der Waals surface area contributed by atoms with Crippen molar-refractivity contribution in [3.05, 3.63) is 12.2 Å². The van der Waals surface area contributed by atoms with Crippen LogP contribution >= 0.6 is 0 Å². The van der Waals surface area contributed by atoms with Crippen LogP contribution in [0.5, 0.6) is 0 Å². The molecule has 0 saturated carbocycles. The number of carbonyl (C=O) groups is 2. The van der Waals surface area contributed by atoms with Crippen molar-refractivity contribution in [2.24, 2.45) is 11.8 Å². The monoisotopic (exact) mass is 235 g/mol. The number of hydrazine groups is 1. The second-order valence-electron chi connectivity index (χ2n) is 4.85. The zero-order chi connectivity index (χ0) is 11.8. The molecule has 92 valence electrons. The number of allylic oxidation sites excluding steroid dienone is 2. The minimum absolute atomic E-state index is 0.00579. The molecular weight excluding hydrogens is 218 g/mol. The van der Waals surface area contributed by atoms with Gasteiger partial charge in [-0.25, -0.2) is 10.0 Å². The number of hydrogen-bond donors (Lipinski definition) is 1. The third-order valence-corrected chi connectivity index (χ3v) is 3.86. The van der Waals surface area contributed by atoms with Crippen molar-refractivity contribution in [3.63, 3.8) is 0 Å². The van der Waals surface area contributed by atoms with Crippen molar-refractivity contribution in [1.82, 2.24) is 15.3 Å². The number of rotatable bonds is 1. The highest BCUT2D eigenvalue weighted by Gasteiger charge is 2.49. The first-order valence-corrected chi connectivity index (χ1v) is 6.27. The third kappa shape index (κ3) is 1.70. The molecule has 2 saturated heterocycles. The summed E-state index contributed by atoms with van der Waals surface area (Å²) in [5, 5.41) is 6.55. The maximum Gasteiger partial charge on any atom is 0.248 e. The van der Waals surface area contributed by atoms with Gasteiger partial charge in [-0.05, 0) is 12.8 Å². The van der Waals surface area contributed by atoms with Crippen LogP contribution in [0.4, 0.5) is 0 Å². The number of nitrogens with zero attached hydrogens (tertiary/aromatic N) is 2. The Kier molecular flexibility index (Phi) is 2.72. The first-order valence-electron chi connectivity index (χ1n) is 6.27. The van der Waals surface area contributed by atoms with Gasteiger partial charge in [0.25, 0.3) is 0 Å². The Morgan fingerprint density at radius 2 is 1.53 bits per heavy atom. The van der Waals surface area contributed by atoms with Crippen LogP contribution in [0.15, 0.2) is 12.2 Å². The fraction of sp³-hybridized carbons (Fsp3) is 0.667. The van der Waals surface area contributed by atoms with E-state index in [0.29, 0.717) is 0 Å². The highest BCUT2D eigenvalue weighted by atomic mass is 16.2. The Morgan fingerprint density at radius 3 is 2.06 bits per heavy atom. The zero-order valence-corrected chi connectivity index (χ0v) is 9.76. The summed E-state index contributed by atoms with van der Waals surface area (Å²) in [7, 11) is 0. The number of piperazine rings is 1. The number of imide groups is 1. The number of amides is 2. The Labute approximate surface area is 100 Å². The molecule has 5 nitrogen and oxygen atoms in total. The van der Waals surface area contributed by atoms with Gasteiger partial charge in [0.05, 0.1) is 11.8 Å². The Morgan fingerprint density at radius 1 is 1.00 bits per heavy atom. The summed E-state index contributed by atoms with van der Waals surface area (Å²) in [4.78, 5) is 24.5. The Bertz CT molecular complexity index is 348. The molecule has 0 spiro atoms. The topological polar surface area (TPSA) is 52.7 Å². The molecule has 17 heavy (non-hydrogen) atoms. The van der Waals surface area contributed by atoms with Crippen molar-refractivity contribution >= 4 is 11.8 Å². The van der Waals surface area contributed by atoms with E-state index in [1.807, 2.05) is 17.2 Å². The molecule has 1 aliphatic carbocycles. The van der Waals surface area contributed by atoms with Crippen molar-refractivity contribution in [2.75, 3.05) is 26.2 Å². The minimum atomic E-state index is -0.109. The molecule has 0 aromatic rings. The molecule has 0 bridgehead atoms. The molecule has 2 aliphatic heterocycles. The zero-order valence-electron chi connectivity index (χ0n) is 9.76. The van der Waals surface area contributed by atoms with E-state index in [1.165, 1.54) is 5.01 Å². The highest BCUT2D eigenvalue weighted by molar-refractivity contribution is 6.04. The average Bonchev–Trinajstić information content (AvgIpc) is 2.64. The van der Waals surface area contributed by atoms with Crippen LogP contribution in [-0.2, 0) is 9.59 Å². The standard InChI is InChI=1S/C12H17N3O2/c16-11-9-3-1-2-4-10(9)12(17)15(11)14-7-5-13-6-8-14/h1-2,9-10,13H,3-8H2. The molecule has 1 N–H and O–H groups in total. The Balaban J connectivity index is 1.81. The number of nitrogens with one attached hydrogen (secondary N) is 1. The van der Waals surface area contributed by atoms with Gasteiger partial charge >= 0.3 is 0 Å². The van der Waals surface area contributed by atoms with Gasteiger partial charge in [0.15, 0.2) is 0 Å². The summed E-state index contributed by atoms with van der Waals surface area (Å²) in [5.41, 5.74) is 0. The van der Waals surface area contributed by atoms with Gasteiger partial charge in [0.1, 0.15) is 0 Å². The summed E-state index contributed by atoms with van der Waals surface area (Å²) in [6, 6.07) is 0. The van der Waals surface area contributed by atoms with Crippen LogP contribution in [-0.4, -0.2) is 48.0 Å². The summed E-state index contributed by atoms with van der Waals surface area (Å²) in [6.07, 6.45) is 5.48. The normalized spacial score (nSPS) is 34.2. The first-order chi connectivity index (χ1) is 8.29. The quantitative estimate of drug-likeness (QED) is 0.503. The molecule has 5 heteroatoms. The van der Waals surface area contributed by atoms with Crippen LogP contribution in [0.2, 0.25) is 0 Å². The van der Waals surface area contributed by atoms with E-state index < -0.39 is 0 Å². The highest BCUT2D eigenvalue weighted by Crippen LogP contribution is 2.35. The molecule has 2 heterocycles. The molecular formula is C12H17N3O2. The van der Waals surface area contributed by atoms with E-state index in [2.05, 4.69) is 5.32 Å². The Hall–Kier alpha value is -1.20. The number of carbonyl (C=O) groups excluding carboxylic acids is 2. The predicted molar refractivity (Wildman–Crippen MR) is 61.6 cm³/mol. The number of hydrogen-bond acceptors (Lipinski definition) is 4. The second kappa shape index (κ2) is 4.23. The maximum atomic E-state index is 12.3. The van der Waals surface area contributed by atoms with E-state index in [4.69, 9.17) is 0 Å². The molecule has 0 aromatic heterocycles. The summed E-state index contributed by atoms with van der Waals surface area (Å²) < 4.78 is 0. The van der Waals surface area contributed by atoms with Crippen LogP contribution in [0.3, 0.4) is 0 Å². The molecule has 3 aliphatic rings. The lowest BCUT2D eigenvalue weighted by Crippen LogP contribution is -2.54. The van der Waals surface area contributed by atoms with Gasteiger partial charge < -0.3 is 5.32 Å². The molecule has 2 amide bonds. The van der Waals surface area contributed by atoms with E-state index in [1.54, 1.807) is 0 Å². The second-order valence-corrected chi connectivity index (χ2v) is 4.85. The van der Waals surface area contributed by atoms with Gasteiger partial charge in [-0.15, -0.1) is 0 Å². The van der Waals surface area contributed by atoms with Crippen LogP contribution in [0.25, 0.3) is 0 Å². The van der Waals surface area contributed by atoms with Crippen molar-refractivity contribution in [1.29, 1.82) is 0 Å². The van der Waals surface area contributed by atoms with Gasteiger partial charge in [-0.3, -0.25) is 9.59 Å². The molecule has 2 atom stereocenters. The van der Waals surface area contributed by atoms with Crippen molar-refractivity contribution < 1.29 is 9.59 Å². The SMILES string of the molecule is O=C1C2CC=CCC2C(=O)N1N1CCNCC1. The maximum absolute atomic E-state index is 12.3. The first kappa shape index (κ1) is 10.9. The minimum Gasteiger partial charge on any atom is -0.314 e. The largest absolute Gasteiger partial charge is 0.314 e. The van der Waals surface area contributed by atoms with Crippen LogP contribution in [0.1, 0.15) is 12.8 Å². The summed E-state index contributed by atoms with van der Waals surface area (Å²) >= 11 is 0. The summed E-state index contributed by atoms with van der Waals surface area (Å²) in [5.74, 6) is -0.206. The van der Waals surface area contributed by atoms with Crippen LogP contribution in [0, 0.1) is 11.8 Å². The fourth-order valence-electron chi connectivity index (χ4n) is 2.91. The summed E-state index contributed by atoms with van der Waals surface area (Å²) in [6.45, 7) is 3.16. The molecule has 2 unspecified atom stereocenters. The average molecular weight is 235 g/mol.